The van der Waals surface area contributed by atoms with Crippen LogP contribution in [0, 0.1) is 0 Å². The van der Waals surface area contributed by atoms with Crippen molar-refractivity contribution in [3.8, 4) is 5.75 Å². The van der Waals surface area contributed by atoms with Gasteiger partial charge in [0, 0.05) is 5.56 Å². The average Bonchev–Trinajstić information content (AvgIpc) is 3.76. The summed E-state index contributed by atoms with van der Waals surface area (Å²) in [5.74, 6) is 0.851. The Morgan fingerprint density at radius 2 is 1.07 bits per heavy atom. The molecule has 7 rings (SSSR count). The lowest BCUT2D eigenvalue weighted by Gasteiger charge is -2.30. The molecule has 1 unspecified atom stereocenters. The van der Waals surface area contributed by atoms with Gasteiger partial charge in [0.25, 0.3) is 0 Å². The lowest BCUT2D eigenvalue weighted by atomic mass is 9.80. The highest BCUT2D eigenvalue weighted by atomic mass is 31.1. The Bertz CT molecular complexity index is 1770. The van der Waals surface area contributed by atoms with E-state index >= 15 is 0 Å². The van der Waals surface area contributed by atoms with E-state index in [-0.39, 0.29) is 28.5 Å². The molecule has 2 heterocycles. The van der Waals surface area contributed by atoms with Gasteiger partial charge >= 0.3 is 7.12 Å². The van der Waals surface area contributed by atoms with E-state index in [2.05, 4.69) is 52.0 Å². The van der Waals surface area contributed by atoms with Crippen molar-refractivity contribution in [3.05, 3.63) is 156 Å². The van der Waals surface area contributed by atoms with Gasteiger partial charge in [-0.1, -0.05) is 165 Å². The van der Waals surface area contributed by atoms with Gasteiger partial charge in [-0.05, 0) is 93.2 Å². The third-order valence-electron chi connectivity index (χ3n) is 10.4. The molecule has 5 aromatic rings. The Hall–Kier alpha value is -3.67. The molecular formula is C46H58BNO5P2. The predicted octanol–water partition coefficient (Wildman–Crippen LogP) is 8.14. The van der Waals surface area contributed by atoms with E-state index < -0.39 is 7.12 Å². The fourth-order valence-electron chi connectivity index (χ4n) is 7.23. The van der Waals surface area contributed by atoms with E-state index in [4.69, 9.17) is 25.6 Å². The fraction of sp³-hybridized carbons (Fsp3) is 0.326. The number of ether oxygens (including phenoxy) is 1. The minimum atomic E-state index is -1.43. The Morgan fingerprint density at radius 3 is 1.45 bits per heavy atom. The minimum Gasteiger partial charge on any atom is -0.497 e. The van der Waals surface area contributed by atoms with E-state index in [1.54, 1.807) is 54.1 Å². The molecule has 6 nitrogen and oxygen atoms in total. The van der Waals surface area contributed by atoms with E-state index in [9.17, 15) is 4.79 Å². The first-order chi connectivity index (χ1) is 26.6. The van der Waals surface area contributed by atoms with Crippen LogP contribution in [0.2, 0.25) is 0 Å². The monoisotopic (exact) mass is 777 g/mol. The third-order valence-corrected chi connectivity index (χ3v) is 17.3. The molecule has 0 radical (unpaired) electrons. The number of aldehydes is 1. The fourth-order valence-corrected chi connectivity index (χ4v) is 14.5. The minimum absolute atomic E-state index is 0.0260. The number of rotatable bonds is 8. The second-order valence-electron chi connectivity index (χ2n) is 14.3. The van der Waals surface area contributed by atoms with Gasteiger partial charge in [-0.25, -0.2) is 0 Å². The summed E-state index contributed by atoms with van der Waals surface area (Å²) in [5, 5.41) is 29.6. The topological polar surface area (TPSA) is 113 Å². The molecule has 0 bridgehead atoms. The molecule has 2 aliphatic heterocycles. The van der Waals surface area contributed by atoms with Crippen molar-refractivity contribution < 1.29 is 24.7 Å². The van der Waals surface area contributed by atoms with Crippen LogP contribution in [0.4, 0.5) is 0 Å². The van der Waals surface area contributed by atoms with Gasteiger partial charge in [-0.15, -0.1) is 0 Å². The van der Waals surface area contributed by atoms with Crippen LogP contribution in [0.5, 0.6) is 5.75 Å². The van der Waals surface area contributed by atoms with Crippen LogP contribution in [-0.4, -0.2) is 58.3 Å². The highest BCUT2D eigenvalue weighted by molar-refractivity contribution is 7.73. The molecule has 5 N–H and O–H groups in total. The van der Waals surface area contributed by atoms with Gasteiger partial charge in [-0.3, -0.25) is 4.79 Å². The van der Waals surface area contributed by atoms with Gasteiger partial charge in [-0.2, -0.15) is 0 Å². The lowest BCUT2D eigenvalue weighted by molar-refractivity contribution is 0.112. The van der Waals surface area contributed by atoms with Gasteiger partial charge in [0.05, 0.1) is 19.8 Å². The average molecular weight is 778 g/mol. The van der Waals surface area contributed by atoms with Gasteiger partial charge in [0.2, 0.25) is 0 Å². The summed E-state index contributed by atoms with van der Waals surface area (Å²) < 4.78 is 5.11. The summed E-state index contributed by atoms with van der Waals surface area (Å²) in [7, 11) is 0.388. The van der Waals surface area contributed by atoms with Gasteiger partial charge in [0.1, 0.15) is 12.0 Å². The van der Waals surface area contributed by atoms with Crippen LogP contribution < -0.4 is 26.5 Å². The van der Waals surface area contributed by atoms with Crippen molar-refractivity contribution >= 4 is 45.3 Å². The number of benzene rings is 5. The van der Waals surface area contributed by atoms with Gasteiger partial charge < -0.3 is 25.6 Å². The SMILES string of the molecule is COc1ccc(C(N)c2ccccc2)cc1.C[C@H]1CC[C@H](C)P1c1ccccc1P1[C@@H](C)CC[C@@H]1C.O=Cc1ccccc1.OCc1ccc(B(O)O)cc1. The highest BCUT2D eigenvalue weighted by Gasteiger charge is 2.37. The zero-order chi connectivity index (χ0) is 39.7. The second-order valence-corrected chi connectivity index (χ2v) is 20.4. The number of nitrogens with two attached hydrogens (primary N) is 1. The Kier molecular flexibility index (Phi) is 18.2. The molecule has 2 fully saturated rings. The van der Waals surface area contributed by atoms with Crippen molar-refractivity contribution in [1.29, 1.82) is 0 Å². The van der Waals surface area contributed by atoms with Crippen LogP contribution in [0.3, 0.4) is 0 Å². The number of carbonyl (C=O) groups is 1. The molecule has 0 saturated carbocycles. The largest absolute Gasteiger partial charge is 0.497 e. The van der Waals surface area contributed by atoms with E-state index in [0.717, 1.165) is 56.9 Å². The molecule has 290 valence electrons. The smallest absolute Gasteiger partial charge is 0.488 e. The predicted molar refractivity (Wildman–Crippen MR) is 235 cm³/mol. The third kappa shape index (κ3) is 12.9. The molecule has 0 aromatic heterocycles. The van der Waals surface area contributed by atoms with Crippen LogP contribution in [0.25, 0.3) is 0 Å². The molecular weight excluding hydrogens is 719 g/mol. The van der Waals surface area contributed by atoms with Crippen molar-refractivity contribution in [2.24, 2.45) is 5.73 Å². The van der Waals surface area contributed by atoms with Crippen LogP contribution in [0.1, 0.15) is 86.5 Å². The zero-order valence-corrected chi connectivity index (χ0v) is 34.7. The highest BCUT2D eigenvalue weighted by Crippen LogP contribution is 2.58. The van der Waals surface area contributed by atoms with Crippen LogP contribution in [0.15, 0.2) is 133 Å². The van der Waals surface area contributed by atoms with Crippen molar-refractivity contribution in [1.82, 2.24) is 0 Å². The number of carbonyl (C=O) groups excluding carboxylic acids is 1. The van der Waals surface area contributed by atoms with Crippen LogP contribution in [-0.2, 0) is 6.61 Å². The lowest BCUT2D eigenvalue weighted by Crippen LogP contribution is -2.29. The number of methoxy groups -OCH3 is 1. The van der Waals surface area contributed by atoms with Crippen molar-refractivity contribution in [3.63, 3.8) is 0 Å². The zero-order valence-electron chi connectivity index (χ0n) is 32.9. The molecule has 0 amide bonds. The molecule has 0 spiro atoms. The summed E-state index contributed by atoms with van der Waals surface area (Å²) >= 11 is 0. The van der Waals surface area contributed by atoms with E-state index in [0.29, 0.717) is 5.46 Å². The van der Waals surface area contributed by atoms with Gasteiger partial charge in [0.15, 0.2) is 0 Å². The number of hydrogen-bond donors (Lipinski definition) is 4. The maximum Gasteiger partial charge on any atom is 0.488 e. The number of hydrogen-bond acceptors (Lipinski definition) is 6. The maximum absolute atomic E-state index is 10.0. The number of aliphatic hydroxyl groups excluding tert-OH is 1. The Morgan fingerprint density at radius 1 is 0.655 bits per heavy atom. The molecule has 5 aromatic carbocycles. The molecule has 2 aliphatic rings. The Labute approximate surface area is 331 Å². The first kappa shape index (κ1) is 44.1. The first-order valence-electron chi connectivity index (χ1n) is 19.2. The summed E-state index contributed by atoms with van der Waals surface area (Å²) in [6, 6.07) is 42.9. The molecule has 2 saturated heterocycles. The summed E-state index contributed by atoms with van der Waals surface area (Å²) in [6.07, 6.45) is 6.63. The van der Waals surface area contributed by atoms with Crippen molar-refractivity contribution in [2.45, 2.75) is 88.7 Å². The summed E-state index contributed by atoms with van der Waals surface area (Å²) in [4.78, 5) is 10.0. The second kappa shape index (κ2) is 22.8. The molecule has 55 heavy (non-hydrogen) atoms. The molecule has 9 heteroatoms. The van der Waals surface area contributed by atoms with Crippen molar-refractivity contribution in [2.75, 3.05) is 7.11 Å². The number of aliphatic hydroxyl groups is 1. The molecule has 5 atom stereocenters. The van der Waals surface area contributed by atoms with E-state index in [1.807, 2.05) is 72.8 Å². The Balaban J connectivity index is 0.000000172. The normalized spacial score (nSPS) is 19.7. The van der Waals surface area contributed by atoms with Crippen LogP contribution >= 0.6 is 15.8 Å². The summed E-state index contributed by atoms with van der Waals surface area (Å²) in [5.41, 5.74) is 14.0. The first-order valence-corrected chi connectivity index (χ1v) is 22.2. The maximum atomic E-state index is 10.0. The summed E-state index contributed by atoms with van der Waals surface area (Å²) in [6.45, 7) is 9.98. The standard InChI is InChI=1S/C18H28P2.C14H15NO.C7H9BO3.C7H6O/c1-13-9-10-14(2)19(13)17-7-5-6-8-18(17)20-15(3)11-12-16(20)4;1-16-13-9-7-12(8-10-13)14(15)11-5-3-2-4-6-11;9-5-6-1-3-7(4-2-6)8(10)11;8-6-7-4-2-1-3-5-7/h5-8,13-16H,9-12H2,1-4H3;2-10,14H,15H2,1H3;1-4,9-11H,5H2;1-6H/t13-,14-,15-,16-;;;/m0.../s1. The quantitative estimate of drug-likeness (QED) is 0.0720. The van der Waals surface area contributed by atoms with E-state index in [1.165, 1.54) is 25.7 Å². The molecule has 0 aliphatic carbocycles.